The highest BCUT2D eigenvalue weighted by Gasteiger charge is 2.29. The molecule has 0 bridgehead atoms. The van der Waals surface area contributed by atoms with Gasteiger partial charge in [0.05, 0.1) is 16.3 Å². The minimum Gasteiger partial charge on any atom is -0.449 e. The maximum atomic E-state index is 12.3. The molecule has 0 aliphatic heterocycles. The number of amides is 1. The van der Waals surface area contributed by atoms with Crippen LogP contribution in [0.1, 0.15) is 35.1 Å². The molecule has 1 aliphatic rings. The number of carbonyl (C=O) groups excluding carboxylic acids is 1. The zero-order valence-corrected chi connectivity index (χ0v) is 19.2. The van der Waals surface area contributed by atoms with Crippen LogP contribution in [-0.4, -0.2) is 40.5 Å². The molecule has 2 atom stereocenters. The first-order chi connectivity index (χ1) is 16.5. The quantitative estimate of drug-likeness (QED) is 0.318. The average molecular weight is 476 g/mol. The number of rotatable bonds is 7. The number of nitrogens with two attached hydrogens (primary N) is 1. The van der Waals surface area contributed by atoms with E-state index in [0.29, 0.717) is 10.7 Å². The average Bonchev–Trinajstić information content (AvgIpc) is 3.38. The van der Waals surface area contributed by atoms with E-state index in [9.17, 15) is 15.0 Å². The number of nitrogen functional groups attached to an aromatic ring is 1. The number of anilines is 1. The number of benzene rings is 3. The number of ether oxygens (including phenoxy) is 1. The normalized spacial score (nSPS) is 14.4. The standard InChI is InChI=1S/C26H25N3O4S/c27-25-29-21-10-9-15(13-23(21)34-25)24(31)22(30)11-12-28-26(32)33-14-20-18-7-3-1-5-16(18)17-6-2-4-8-19(17)20/h1-10,13,20,22,24,30-31H,11-12,14H2,(H2,27,29)(H,28,32). The van der Waals surface area contributed by atoms with E-state index >= 15 is 0 Å². The molecule has 34 heavy (non-hydrogen) atoms. The molecule has 1 aromatic heterocycles. The van der Waals surface area contributed by atoms with E-state index in [1.54, 1.807) is 18.2 Å². The lowest BCUT2D eigenvalue weighted by molar-refractivity contribution is 0.0137. The number of thiazole rings is 1. The Labute approximate surface area is 200 Å². The van der Waals surface area contributed by atoms with E-state index in [0.717, 1.165) is 21.3 Å². The molecule has 0 saturated heterocycles. The van der Waals surface area contributed by atoms with Gasteiger partial charge >= 0.3 is 6.09 Å². The minimum absolute atomic E-state index is 0.0127. The van der Waals surface area contributed by atoms with Crippen LogP contribution in [0.25, 0.3) is 21.3 Å². The molecule has 0 saturated carbocycles. The second-order valence-electron chi connectivity index (χ2n) is 8.33. The fourth-order valence-corrected chi connectivity index (χ4v) is 5.28. The molecule has 4 aromatic rings. The van der Waals surface area contributed by atoms with Gasteiger partial charge in [0.2, 0.25) is 0 Å². The van der Waals surface area contributed by atoms with Crippen LogP contribution in [0.15, 0.2) is 66.7 Å². The van der Waals surface area contributed by atoms with Crippen molar-refractivity contribution in [3.8, 4) is 11.1 Å². The first kappa shape index (κ1) is 22.3. The fraction of sp³-hybridized carbons (Fsp3) is 0.231. The minimum atomic E-state index is -1.09. The number of aliphatic hydroxyl groups is 2. The lowest BCUT2D eigenvalue weighted by Crippen LogP contribution is -2.30. The molecule has 8 heteroatoms. The van der Waals surface area contributed by atoms with Crippen molar-refractivity contribution < 1.29 is 19.7 Å². The molecule has 0 radical (unpaired) electrons. The van der Waals surface area contributed by atoms with Crippen molar-refractivity contribution in [2.75, 3.05) is 18.9 Å². The molecular formula is C26H25N3O4S. The van der Waals surface area contributed by atoms with Crippen molar-refractivity contribution in [1.29, 1.82) is 0 Å². The SMILES string of the molecule is Nc1nc2ccc(C(O)C(O)CCNC(=O)OCC3c4ccccc4-c4ccccc43)cc2s1. The maximum Gasteiger partial charge on any atom is 0.407 e. The zero-order valence-electron chi connectivity index (χ0n) is 18.3. The highest BCUT2D eigenvalue weighted by atomic mass is 32.1. The van der Waals surface area contributed by atoms with Crippen LogP contribution in [0.4, 0.5) is 9.93 Å². The van der Waals surface area contributed by atoms with Gasteiger partial charge in [-0.3, -0.25) is 0 Å². The third-order valence-corrected chi connectivity index (χ3v) is 7.04. The summed E-state index contributed by atoms with van der Waals surface area (Å²) in [6.07, 6.45) is -2.51. The molecule has 0 spiro atoms. The maximum absolute atomic E-state index is 12.3. The van der Waals surface area contributed by atoms with Crippen molar-refractivity contribution in [3.05, 3.63) is 83.4 Å². The number of fused-ring (bicyclic) bond motifs is 4. The van der Waals surface area contributed by atoms with Crippen LogP contribution in [0.2, 0.25) is 0 Å². The van der Waals surface area contributed by atoms with E-state index in [2.05, 4.69) is 34.6 Å². The van der Waals surface area contributed by atoms with Crippen molar-refractivity contribution in [2.45, 2.75) is 24.5 Å². The zero-order chi connectivity index (χ0) is 23.7. The summed E-state index contributed by atoms with van der Waals surface area (Å²) in [5, 5.41) is 24.0. The summed E-state index contributed by atoms with van der Waals surface area (Å²) in [5.41, 5.74) is 11.7. The van der Waals surface area contributed by atoms with Crippen LogP contribution < -0.4 is 11.1 Å². The van der Waals surface area contributed by atoms with Crippen LogP contribution in [-0.2, 0) is 4.74 Å². The Morgan fingerprint density at radius 2 is 1.74 bits per heavy atom. The van der Waals surface area contributed by atoms with Gasteiger partial charge < -0.3 is 26.0 Å². The second kappa shape index (κ2) is 9.42. The number of carbonyl (C=O) groups is 1. The number of hydrogen-bond donors (Lipinski definition) is 4. The van der Waals surface area contributed by atoms with Gasteiger partial charge in [-0.05, 0) is 46.4 Å². The molecule has 1 amide bonds. The van der Waals surface area contributed by atoms with Gasteiger partial charge in [-0.25, -0.2) is 9.78 Å². The fourth-order valence-electron chi connectivity index (χ4n) is 4.49. The third kappa shape index (κ3) is 4.35. The lowest BCUT2D eigenvalue weighted by atomic mass is 9.98. The monoisotopic (exact) mass is 475 g/mol. The summed E-state index contributed by atoms with van der Waals surface area (Å²) in [7, 11) is 0. The topological polar surface area (TPSA) is 118 Å². The third-order valence-electron chi connectivity index (χ3n) is 6.19. The molecule has 1 aliphatic carbocycles. The van der Waals surface area contributed by atoms with E-state index in [-0.39, 0.29) is 25.5 Å². The summed E-state index contributed by atoms with van der Waals surface area (Å²) in [6, 6.07) is 21.6. The first-order valence-electron chi connectivity index (χ1n) is 11.1. The number of aromatic nitrogens is 1. The molecule has 1 heterocycles. The van der Waals surface area contributed by atoms with Crippen molar-refractivity contribution in [3.63, 3.8) is 0 Å². The number of nitrogens with zero attached hydrogens (tertiary/aromatic N) is 1. The van der Waals surface area contributed by atoms with Crippen LogP contribution in [0.5, 0.6) is 0 Å². The molecule has 5 rings (SSSR count). The number of aliphatic hydroxyl groups excluding tert-OH is 2. The Morgan fingerprint density at radius 1 is 1.06 bits per heavy atom. The molecule has 3 aromatic carbocycles. The summed E-state index contributed by atoms with van der Waals surface area (Å²) >= 11 is 1.32. The van der Waals surface area contributed by atoms with Gasteiger partial charge in [-0.2, -0.15) is 0 Å². The molecule has 174 valence electrons. The highest BCUT2D eigenvalue weighted by molar-refractivity contribution is 7.22. The van der Waals surface area contributed by atoms with Crippen LogP contribution in [0.3, 0.4) is 0 Å². The van der Waals surface area contributed by atoms with Gasteiger partial charge in [0, 0.05) is 12.5 Å². The smallest absolute Gasteiger partial charge is 0.407 e. The molecule has 2 unspecified atom stereocenters. The van der Waals surface area contributed by atoms with E-state index in [4.69, 9.17) is 10.5 Å². The Kier molecular flexibility index (Phi) is 6.19. The Morgan fingerprint density at radius 3 is 2.44 bits per heavy atom. The summed E-state index contributed by atoms with van der Waals surface area (Å²) < 4.78 is 6.35. The molecule has 7 nitrogen and oxygen atoms in total. The first-order valence-corrected chi connectivity index (χ1v) is 11.9. The van der Waals surface area contributed by atoms with E-state index in [1.807, 2.05) is 24.3 Å². The van der Waals surface area contributed by atoms with E-state index < -0.39 is 18.3 Å². The van der Waals surface area contributed by atoms with Gasteiger partial charge in [-0.1, -0.05) is 65.9 Å². The van der Waals surface area contributed by atoms with Gasteiger partial charge in [-0.15, -0.1) is 0 Å². The molecule has 5 N–H and O–H groups in total. The van der Waals surface area contributed by atoms with E-state index in [1.165, 1.54) is 22.5 Å². The lowest BCUT2D eigenvalue weighted by Gasteiger charge is -2.19. The second-order valence-corrected chi connectivity index (χ2v) is 9.39. The highest BCUT2D eigenvalue weighted by Crippen LogP contribution is 2.44. The molecule has 0 fully saturated rings. The van der Waals surface area contributed by atoms with Gasteiger partial charge in [0.25, 0.3) is 0 Å². The number of nitrogens with one attached hydrogen (secondary N) is 1. The number of alkyl carbamates (subject to hydrolysis) is 1. The predicted molar refractivity (Wildman–Crippen MR) is 133 cm³/mol. The summed E-state index contributed by atoms with van der Waals surface area (Å²) in [5.74, 6) is -0.0127. The Bertz CT molecular complexity index is 1290. The largest absolute Gasteiger partial charge is 0.449 e. The van der Waals surface area contributed by atoms with Crippen LogP contribution >= 0.6 is 11.3 Å². The van der Waals surface area contributed by atoms with Crippen LogP contribution in [0, 0.1) is 0 Å². The predicted octanol–water partition coefficient (Wildman–Crippen LogP) is 4.20. The van der Waals surface area contributed by atoms with Gasteiger partial charge in [0.1, 0.15) is 12.7 Å². The van der Waals surface area contributed by atoms with Crippen molar-refractivity contribution in [1.82, 2.24) is 10.3 Å². The number of hydrogen-bond acceptors (Lipinski definition) is 7. The van der Waals surface area contributed by atoms with Crippen molar-refractivity contribution >= 4 is 32.8 Å². The molecular weight excluding hydrogens is 450 g/mol. The Hall–Kier alpha value is -3.46. The van der Waals surface area contributed by atoms with Crippen molar-refractivity contribution in [2.24, 2.45) is 0 Å². The summed E-state index contributed by atoms with van der Waals surface area (Å²) in [6.45, 7) is 0.397. The Balaban J connectivity index is 1.13. The summed E-state index contributed by atoms with van der Waals surface area (Å²) in [4.78, 5) is 16.5. The van der Waals surface area contributed by atoms with Gasteiger partial charge in [0.15, 0.2) is 5.13 Å².